The summed E-state index contributed by atoms with van der Waals surface area (Å²) in [7, 11) is 0. The molecule has 5 nitrogen and oxygen atoms in total. The Morgan fingerprint density at radius 1 is 1.10 bits per heavy atom. The van der Waals surface area contributed by atoms with Crippen LogP contribution in [0.15, 0.2) is 53.2 Å². The second-order valence-electron chi connectivity index (χ2n) is 6.89. The van der Waals surface area contributed by atoms with E-state index >= 15 is 0 Å². The fourth-order valence-electron chi connectivity index (χ4n) is 3.16. The number of carbonyl (C=O) groups excluding carboxylic acids is 1. The molecular formula is C21H16F3N3O2. The zero-order valence-corrected chi connectivity index (χ0v) is 15.6. The van der Waals surface area contributed by atoms with E-state index in [0.29, 0.717) is 11.1 Å². The summed E-state index contributed by atoms with van der Waals surface area (Å²) in [5.41, 5.74) is 3.78. The van der Waals surface area contributed by atoms with Gasteiger partial charge in [0, 0.05) is 17.1 Å². The number of aryl methyl sites for hydroxylation is 2. The number of alkyl halides is 3. The van der Waals surface area contributed by atoms with Crippen LogP contribution in [0.2, 0.25) is 0 Å². The third-order valence-electron chi connectivity index (χ3n) is 4.68. The first kappa shape index (κ1) is 18.9. The Morgan fingerprint density at radius 2 is 1.83 bits per heavy atom. The standard InChI is InChI=1S/C21H16F3N3O2/c1-12-3-5-14(6-4-12)9-18(28)27-11-13(2)16-8-7-15(10-17(16)27)19-25-20(29-26-19)21(22,23)24/h3-8,10-11H,9H2,1-2H3. The topological polar surface area (TPSA) is 60.9 Å². The summed E-state index contributed by atoms with van der Waals surface area (Å²) in [4.78, 5) is 16.3. The van der Waals surface area contributed by atoms with Gasteiger partial charge in [-0.3, -0.25) is 9.36 Å². The van der Waals surface area contributed by atoms with Gasteiger partial charge in [0.1, 0.15) is 0 Å². The molecule has 0 bridgehead atoms. The normalized spacial score (nSPS) is 11.9. The number of hydrogen-bond donors (Lipinski definition) is 0. The van der Waals surface area contributed by atoms with Crippen LogP contribution in [-0.4, -0.2) is 20.6 Å². The van der Waals surface area contributed by atoms with E-state index in [-0.39, 0.29) is 18.2 Å². The molecule has 0 fully saturated rings. The zero-order valence-electron chi connectivity index (χ0n) is 15.6. The predicted octanol–water partition coefficient (Wildman–Crippen LogP) is 5.21. The summed E-state index contributed by atoms with van der Waals surface area (Å²) in [6, 6.07) is 12.6. The summed E-state index contributed by atoms with van der Waals surface area (Å²) in [6.07, 6.45) is -2.79. The number of fused-ring (bicyclic) bond motifs is 1. The van der Waals surface area contributed by atoms with Crippen LogP contribution >= 0.6 is 0 Å². The van der Waals surface area contributed by atoms with Gasteiger partial charge in [-0.1, -0.05) is 47.1 Å². The van der Waals surface area contributed by atoms with Gasteiger partial charge in [-0.2, -0.15) is 18.2 Å². The van der Waals surface area contributed by atoms with Gasteiger partial charge in [0.15, 0.2) is 0 Å². The van der Waals surface area contributed by atoms with Crippen molar-refractivity contribution in [2.45, 2.75) is 26.4 Å². The largest absolute Gasteiger partial charge is 0.471 e. The number of halogens is 3. The molecule has 2 aromatic carbocycles. The molecule has 29 heavy (non-hydrogen) atoms. The summed E-state index contributed by atoms with van der Waals surface area (Å²) in [6.45, 7) is 3.84. The van der Waals surface area contributed by atoms with Crippen LogP contribution in [-0.2, 0) is 12.6 Å². The Morgan fingerprint density at radius 3 is 2.48 bits per heavy atom. The molecule has 0 saturated heterocycles. The highest BCUT2D eigenvalue weighted by atomic mass is 19.4. The van der Waals surface area contributed by atoms with Gasteiger partial charge < -0.3 is 4.52 Å². The van der Waals surface area contributed by atoms with Crippen LogP contribution in [0.3, 0.4) is 0 Å². The van der Waals surface area contributed by atoms with E-state index in [1.165, 1.54) is 4.57 Å². The summed E-state index contributed by atoms with van der Waals surface area (Å²) in [5, 5.41) is 4.24. The molecule has 2 heterocycles. The zero-order chi connectivity index (χ0) is 20.8. The molecule has 0 unspecified atom stereocenters. The van der Waals surface area contributed by atoms with E-state index in [1.807, 2.05) is 38.1 Å². The molecule has 0 amide bonds. The van der Waals surface area contributed by atoms with Crippen molar-refractivity contribution in [3.05, 3.63) is 71.2 Å². The van der Waals surface area contributed by atoms with Gasteiger partial charge in [-0.05, 0) is 31.0 Å². The molecule has 0 saturated carbocycles. The van der Waals surface area contributed by atoms with Crippen molar-refractivity contribution in [2.75, 3.05) is 0 Å². The molecule has 8 heteroatoms. The lowest BCUT2D eigenvalue weighted by molar-refractivity contribution is -0.159. The van der Waals surface area contributed by atoms with E-state index in [0.717, 1.165) is 22.1 Å². The minimum Gasteiger partial charge on any atom is -0.329 e. The lowest BCUT2D eigenvalue weighted by Crippen LogP contribution is -2.12. The Hall–Kier alpha value is -3.42. The molecule has 0 radical (unpaired) electrons. The lowest BCUT2D eigenvalue weighted by Gasteiger charge is -2.06. The maximum Gasteiger partial charge on any atom is 0.471 e. The third kappa shape index (κ3) is 3.65. The van der Waals surface area contributed by atoms with Crippen molar-refractivity contribution in [2.24, 2.45) is 0 Å². The van der Waals surface area contributed by atoms with Gasteiger partial charge in [-0.15, -0.1) is 0 Å². The quantitative estimate of drug-likeness (QED) is 0.475. The molecule has 0 aliphatic carbocycles. The second kappa shape index (κ2) is 6.88. The smallest absolute Gasteiger partial charge is 0.329 e. The number of aromatic nitrogens is 3. The maximum atomic E-state index is 12.9. The van der Waals surface area contributed by atoms with Gasteiger partial charge in [0.25, 0.3) is 0 Å². The molecular weight excluding hydrogens is 383 g/mol. The highest BCUT2D eigenvalue weighted by Gasteiger charge is 2.38. The molecule has 0 aliphatic heterocycles. The van der Waals surface area contributed by atoms with Crippen molar-refractivity contribution in [1.82, 2.24) is 14.7 Å². The monoisotopic (exact) mass is 399 g/mol. The van der Waals surface area contributed by atoms with E-state index < -0.39 is 12.1 Å². The SMILES string of the molecule is Cc1ccc(CC(=O)n2cc(C)c3ccc(-c4noc(C(F)(F)F)n4)cc32)cc1. The molecule has 4 rings (SSSR count). The third-order valence-corrected chi connectivity index (χ3v) is 4.68. The van der Waals surface area contributed by atoms with E-state index in [4.69, 9.17) is 0 Å². The van der Waals surface area contributed by atoms with E-state index in [9.17, 15) is 18.0 Å². The molecule has 0 spiro atoms. The van der Waals surface area contributed by atoms with Crippen LogP contribution < -0.4 is 0 Å². The molecule has 0 N–H and O–H groups in total. The Balaban J connectivity index is 1.71. The van der Waals surface area contributed by atoms with Crippen LogP contribution in [0.25, 0.3) is 22.3 Å². The van der Waals surface area contributed by atoms with Crippen LogP contribution in [0, 0.1) is 13.8 Å². The maximum absolute atomic E-state index is 12.9. The van der Waals surface area contributed by atoms with Gasteiger partial charge >= 0.3 is 12.1 Å². The van der Waals surface area contributed by atoms with Crippen LogP contribution in [0.4, 0.5) is 13.2 Å². The number of hydrogen-bond acceptors (Lipinski definition) is 4. The summed E-state index contributed by atoms with van der Waals surface area (Å²) >= 11 is 0. The fraction of sp³-hybridized carbons (Fsp3) is 0.190. The summed E-state index contributed by atoms with van der Waals surface area (Å²) in [5.74, 6) is -1.74. The van der Waals surface area contributed by atoms with Crippen molar-refractivity contribution < 1.29 is 22.5 Å². The number of benzene rings is 2. The Bertz CT molecular complexity index is 1200. The first-order chi connectivity index (χ1) is 13.7. The molecule has 0 aliphatic rings. The van der Waals surface area contributed by atoms with Gasteiger partial charge in [-0.25, -0.2) is 0 Å². The highest BCUT2D eigenvalue weighted by Crippen LogP contribution is 2.31. The Kier molecular flexibility index (Phi) is 4.49. The predicted molar refractivity (Wildman–Crippen MR) is 100 cm³/mol. The average molecular weight is 399 g/mol. The molecule has 0 atom stereocenters. The van der Waals surface area contributed by atoms with Gasteiger partial charge in [0.2, 0.25) is 11.7 Å². The fourth-order valence-corrected chi connectivity index (χ4v) is 3.16. The van der Waals surface area contributed by atoms with Crippen molar-refractivity contribution in [3.63, 3.8) is 0 Å². The molecule has 148 valence electrons. The van der Waals surface area contributed by atoms with Gasteiger partial charge in [0.05, 0.1) is 11.9 Å². The van der Waals surface area contributed by atoms with Crippen molar-refractivity contribution in [3.8, 4) is 11.4 Å². The number of nitrogens with zero attached hydrogens (tertiary/aromatic N) is 3. The lowest BCUT2D eigenvalue weighted by atomic mass is 10.1. The first-order valence-corrected chi connectivity index (χ1v) is 8.84. The highest BCUT2D eigenvalue weighted by molar-refractivity contribution is 5.96. The number of rotatable bonds is 3. The molecule has 2 aromatic heterocycles. The minimum absolute atomic E-state index is 0.145. The van der Waals surface area contributed by atoms with E-state index in [1.54, 1.807) is 24.4 Å². The van der Waals surface area contributed by atoms with E-state index in [2.05, 4.69) is 14.7 Å². The van der Waals surface area contributed by atoms with Crippen molar-refractivity contribution in [1.29, 1.82) is 0 Å². The van der Waals surface area contributed by atoms with Crippen LogP contribution in [0.1, 0.15) is 27.4 Å². The second-order valence-corrected chi connectivity index (χ2v) is 6.89. The Labute approximate surface area is 163 Å². The number of carbonyl (C=O) groups is 1. The molecule has 4 aromatic rings. The van der Waals surface area contributed by atoms with Crippen molar-refractivity contribution >= 4 is 16.8 Å². The summed E-state index contributed by atoms with van der Waals surface area (Å²) < 4.78 is 44.0. The first-order valence-electron chi connectivity index (χ1n) is 8.84. The van der Waals surface area contributed by atoms with Crippen LogP contribution in [0.5, 0.6) is 0 Å². The average Bonchev–Trinajstić information content (AvgIpc) is 3.29. The minimum atomic E-state index is -4.71.